The molecule has 0 saturated carbocycles. The third kappa shape index (κ3) is 60.6. The van der Waals surface area contributed by atoms with Crippen LogP contribution in [0, 0.1) is 0 Å². The Kier molecular flexibility index (Phi) is 60.6. The summed E-state index contributed by atoms with van der Waals surface area (Å²) in [6.45, 7) is 6.69. The van der Waals surface area contributed by atoms with Crippen molar-refractivity contribution in [2.45, 2.75) is 374 Å². The fourth-order valence-electron chi connectivity index (χ4n) is 10.0. The highest BCUT2D eigenvalue weighted by atomic mass is 16.6. The van der Waals surface area contributed by atoms with Crippen LogP contribution in [0.4, 0.5) is 0 Å². The van der Waals surface area contributed by atoms with Crippen molar-refractivity contribution in [1.82, 2.24) is 0 Å². The molecule has 0 amide bonds. The first-order chi connectivity index (χ1) is 36.0. The summed E-state index contributed by atoms with van der Waals surface area (Å²) in [6, 6.07) is 0. The van der Waals surface area contributed by atoms with Crippen LogP contribution in [0.1, 0.15) is 367 Å². The third-order valence-corrected chi connectivity index (χ3v) is 15.0. The Morgan fingerprint density at radius 1 is 0.274 bits per heavy atom. The molecule has 0 bridgehead atoms. The molecule has 0 aromatic heterocycles. The van der Waals surface area contributed by atoms with E-state index in [0.717, 1.165) is 64.2 Å². The molecular formula is C67H126O6. The largest absolute Gasteiger partial charge is 0.462 e. The Balaban J connectivity index is 4.16. The zero-order valence-corrected chi connectivity index (χ0v) is 49.4. The molecule has 0 aromatic rings. The topological polar surface area (TPSA) is 78.9 Å². The van der Waals surface area contributed by atoms with E-state index < -0.39 is 6.10 Å². The van der Waals surface area contributed by atoms with Gasteiger partial charge in [0, 0.05) is 19.3 Å². The van der Waals surface area contributed by atoms with Gasteiger partial charge in [-0.25, -0.2) is 0 Å². The predicted octanol–water partition coefficient (Wildman–Crippen LogP) is 22.2. The maximum atomic E-state index is 12.9. The Hall–Kier alpha value is -2.11. The number of ether oxygens (including phenoxy) is 3. The predicted molar refractivity (Wildman–Crippen MR) is 316 cm³/mol. The number of rotatable bonds is 61. The zero-order valence-electron chi connectivity index (χ0n) is 49.4. The van der Waals surface area contributed by atoms with Crippen LogP contribution in [0.5, 0.6) is 0 Å². The van der Waals surface area contributed by atoms with Crippen molar-refractivity contribution in [3.05, 3.63) is 24.3 Å². The summed E-state index contributed by atoms with van der Waals surface area (Å²) in [6.07, 6.45) is 74.8. The van der Waals surface area contributed by atoms with Crippen LogP contribution in [-0.2, 0) is 28.6 Å². The van der Waals surface area contributed by atoms with E-state index in [1.165, 1.54) is 263 Å². The molecule has 0 radical (unpaired) electrons. The second kappa shape index (κ2) is 62.4. The lowest BCUT2D eigenvalue weighted by molar-refractivity contribution is -0.167. The van der Waals surface area contributed by atoms with Crippen molar-refractivity contribution in [2.24, 2.45) is 0 Å². The Labute approximate surface area is 455 Å². The fourth-order valence-corrected chi connectivity index (χ4v) is 10.0. The minimum absolute atomic E-state index is 0.0643. The van der Waals surface area contributed by atoms with Crippen LogP contribution in [0.3, 0.4) is 0 Å². The molecule has 0 spiro atoms. The Morgan fingerprint density at radius 2 is 0.493 bits per heavy atom. The molecule has 0 heterocycles. The first-order valence-corrected chi connectivity index (χ1v) is 32.8. The minimum atomic E-state index is -0.765. The molecule has 430 valence electrons. The third-order valence-electron chi connectivity index (χ3n) is 15.0. The van der Waals surface area contributed by atoms with Gasteiger partial charge in [0.1, 0.15) is 13.2 Å². The summed E-state index contributed by atoms with van der Waals surface area (Å²) in [5.74, 6) is -0.837. The highest BCUT2D eigenvalue weighted by Gasteiger charge is 2.19. The second-order valence-corrected chi connectivity index (χ2v) is 22.4. The molecule has 73 heavy (non-hydrogen) atoms. The molecule has 0 aliphatic carbocycles. The maximum absolute atomic E-state index is 12.9. The molecule has 0 aliphatic heterocycles. The van der Waals surface area contributed by atoms with Gasteiger partial charge in [0.2, 0.25) is 0 Å². The number of carbonyl (C=O) groups is 3. The smallest absolute Gasteiger partial charge is 0.306 e. The molecule has 0 saturated heterocycles. The summed E-state index contributed by atoms with van der Waals surface area (Å²) in [5, 5.41) is 0. The molecule has 1 atom stereocenters. The highest BCUT2D eigenvalue weighted by Crippen LogP contribution is 2.18. The summed E-state index contributed by atoms with van der Waals surface area (Å²) in [5.41, 5.74) is 0. The molecule has 6 heteroatoms. The van der Waals surface area contributed by atoms with Crippen LogP contribution in [0.15, 0.2) is 24.3 Å². The Morgan fingerprint density at radius 3 is 0.753 bits per heavy atom. The Bertz CT molecular complexity index is 1180. The van der Waals surface area contributed by atoms with E-state index in [1.807, 2.05) is 0 Å². The van der Waals surface area contributed by atoms with E-state index in [0.29, 0.717) is 19.3 Å². The van der Waals surface area contributed by atoms with Crippen LogP contribution < -0.4 is 0 Å². The minimum Gasteiger partial charge on any atom is -0.462 e. The van der Waals surface area contributed by atoms with Gasteiger partial charge in [-0.15, -0.1) is 0 Å². The van der Waals surface area contributed by atoms with E-state index in [9.17, 15) is 14.4 Å². The van der Waals surface area contributed by atoms with Crippen molar-refractivity contribution in [2.75, 3.05) is 13.2 Å². The summed E-state index contributed by atoms with van der Waals surface area (Å²) >= 11 is 0. The van der Waals surface area contributed by atoms with E-state index in [1.54, 1.807) is 0 Å². The maximum Gasteiger partial charge on any atom is 0.306 e. The number of unbranched alkanes of at least 4 members (excludes halogenated alkanes) is 46. The van der Waals surface area contributed by atoms with E-state index in [-0.39, 0.29) is 31.1 Å². The fraction of sp³-hybridized carbons (Fsp3) is 0.896. The average molecular weight is 1030 g/mol. The van der Waals surface area contributed by atoms with Crippen molar-refractivity contribution < 1.29 is 28.6 Å². The highest BCUT2D eigenvalue weighted by molar-refractivity contribution is 5.71. The summed E-state index contributed by atoms with van der Waals surface area (Å²) < 4.78 is 16.9. The van der Waals surface area contributed by atoms with Gasteiger partial charge < -0.3 is 14.2 Å². The monoisotopic (exact) mass is 1030 g/mol. The molecule has 0 aromatic carbocycles. The summed E-state index contributed by atoms with van der Waals surface area (Å²) in [7, 11) is 0. The van der Waals surface area contributed by atoms with E-state index in [4.69, 9.17) is 14.2 Å². The average Bonchev–Trinajstić information content (AvgIpc) is 3.39. The van der Waals surface area contributed by atoms with Gasteiger partial charge in [-0.2, -0.15) is 0 Å². The van der Waals surface area contributed by atoms with Crippen LogP contribution in [-0.4, -0.2) is 37.2 Å². The van der Waals surface area contributed by atoms with Crippen molar-refractivity contribution >= 4 is 17.9 Å². The second-order valence-electron chi connectivity index (χ2n) is 22.4. The summed E-state index contributed by atoms with van der Waals surface area (Å²) in [4.78, 5) is 38.2. The van der Waals surface area contributed by atoms with Gasteiger partial charge in [0.05, 0.1) is 0 Å². The lowest BCUT2D eigenvalue weighted by Gasteiger charge is -2.18. The van der Waals surface area contributed by atoms with Crippen LogP contribution in [0.25, 0.3) is 0 Å². The van der Waals surface area contributed by atoms with Gasteiger partial charge >= 0.3 is 17.9 Å². The molecule has 0 N–H and O–H groups in total. The number of hydrogen-bond acceptors (Lipinski definition) is 6. The number of carbonyl (C=O) groups excluding carboxylic acids is 3. The van der Waals surface area contributed by atoms with Gasteiger partial charge in [0.25, 0.3) is 0 Å². The molecule has 0 aliphatic rings. The molecule has 0 rings (SSSR count). The quantitative estimate of drug-likeness (QED) is 0.0261. The van der Waals surface area contributed by atoms with Crippen molar-refractivity contribution in [3.63, 3.8) is 0 Å². The lowest BCUT2D eigenvalue weighted by Crippen LogP contribution is -2.30. The standard InChI is InChI=1S/C67H126O6/c1-4-7-10-13-16-19-22-24-26-28-29-30-31-32-33-34-35-36-37-39-40-42-45-48-51-54-57-60-66(69)72-63-64(62-71-65(68)59-56-53-50-47-44-21-18-15-12-9-6-3)73-67(70)61-58-55-52-49-46-43-41-38-27-25-23-20-17-14-11-8-5-2/h22,24,28-29,64H,4-21,23,25-27,30-63H2,1-3H3/b24-22-,29-28-. The number of hydrogen-bond donors (Lipinski definition) is 0. The van der Waals surface area contributed by atoms with Crippen molar-refractivity contribution in [3.8, 4) is 0 Å². The van der Waals surface area contributed by atoms with Crippen LogP contribution in [0.2, 0.25) is 0 Å². The molecular weight excluding hydrogens is 901 g/mol. The first-order valence-electron chi connectivity index (χ1n) is 32.8. The first kappa shape index (κ1) is 70.9. The number of esters is 3. The SMILES string of the molecule is CCCCCCC/C=C\C/C=C\CCCCCCCCCCCCCCCCCC(=O)OCC(COC(=O)CCCCCCCCCCCCC)OC(=O)CCCCCCCCCCCCCCCCCCC. The molecule has 0 fully saturated rings. The number of allylic oxidation sites excluding steroid dienone is 4. The van der Waals surface area contributed by atoms with Gasteiger partial charge in [-0.1, -0.05) is 321 Å². The van der Waals surface area contributed by atoms with Gasteiger partial charge in [0.15, 0.2) is 6.10 Å². The van der Waals surface area contributed by atoms with Gasteiger partial charge in [-0.3, -0.25) is 14.4 Å². The van der Waals surface area contributed by atoms with E-state index >= 15 is 0 Å². The van der Waals surface area contributed by atoms with E-state index in [2.05, 4.69) is 45.1 Å². The van der Waals surface area contributed by atoms with Crippen molar-refractivity contribution in [1.29, 1.82) is 0 Å². The van der Waals surface area contributed by atoms with Gasteiger partial charge in [-0.05, 0) is 51.4 Å². The zero-order chi connectivity index (χ0) is 52.9. The normalized spacial score (nSPS) is 12.1. The molecule has 1 unspecified atom stereocenters. The van der Waals surface area contributed by atoms with Crippen LogP contribution >= 0.6 is 0 Å². The lowest BCUT2D eigenvalue weighted by atomic mass is 10.0. The molecule has 6 nitrogen and oxygen atoms in total.